The number of hydrogen-bond acceptors (Lipinski definition) is 5. The van der Waals surface area contributed by atoms with Crippen molar-refractivity contribution in [3.8, 4) is 0 Å². The van der Waals surface area contributed by atoms with Gasteiger partial charge in [-0.3, -0.25) is 4.79 Å². The fraction of sp³-hybridized carbons (Fsp3) is 0.111. The van der Waals surface area contributed by atoms with E-state index in [1.165, 1.54) is 16.9 Å². The second-order valence-electron chi connectivity index (χ2n) is 7.46. The molecule has 0 bridgehead atoms. The molecule has 0 N–H and O–H groups in total. The fourth-order valence-corrected chi connectivity index (χ4v) is 6.42. The molecule has 0 unspecified atom stereocenters. The van der Waals surface area contributed by atoms with E-state index in [-0.39, 0.29) is 12.4 Å². The first-order valence-corrected chi connectivity index (χ1v) is 12.5. The topological polar surface area (TPSA) is 47.8 Å². The fourth-order valence-electron chi connectivity index (χ4n) is 3.93. The molecule has 0 saturated heterocycles. The molecule has 0 aliphatic carbocycles. The van der Waals surface area contributed by atoms with E-state index < -0.39 is 5.97 Å². The van der Waals surface area contributed by atoms with Crippen molar-refractivity contribution in [1.82, 2.24) is 4.40 Å². The minimum absolute atomic E-state index is 0.0846. The first kappa shape index (κ1) is 21.5. The van der Waals surface area contributed by atoms with Gasteiger partial charge in [0.15, 0.2) is 0 Å². The number of carbonyl (C=O) groups excluding carboxylic acids is 2. The lowest BCUT2D eigenvalue weighted by Crippen LogP contribution is -2.06. The lowest BCUT2D eigenvalue weighted by Gasteiger charge is -2.04. The number of carbonyl (C=O) groups is 2. The zero-order valence-electron chi connectivity index (χ0n) is 18.0. The molecule has 3 aromatic heterocycles. The molecule has 0 aliphatic rings. The summed E-state index contributed by atoms with van der Waals surface area (Å²) < 4.78 is 8.43. The zero-order chi connectivity index (χ0) is 22.8. The van der Waals surface area contributed by atoms with Gasteiger partial charge in [-0.1, -0.05) is 66.7 Å². The molecule has 0 fully saturated rings. The Kier molecular flexibility index (Phi) is 6.03. The van der Waals surface area contributed by atoms with Crippen LogP contribution < -0.4 is 0 Å². The molecule has 5 aromatic rings. The number of ketones is 1. The van der Waals surface area contributed by atoms with Gasteiger partial charge in [-0.25, -0.2) is 4.79 Å². The van der Waals surface area contributed by atoms with Crippen LogP contribution >= 0.6 is 23.1 Å². The maximum Gasteiger partial charge on any atom is 0.341 e. The highest BCUT2D eigenvalue weighted by molar-refractivity contribution is 8.00. The Bertz CT molecular complexity index is 1450. The third-order valence-corrected chi connectivity index (χ3v) is 7.90. The molecule has 164 valence electrons. The first-order valence-electron chi connectivity index (χ1n) is 10.7. The minimum atomic E-state index is -0.407. The number of benzene rings is 2. The number of rotatable bonds is 7. The number of nitrogens with zero attached hydrogens (tertiary/aromatic N) is 1. The van der Waals surface area contributed by atoms with Gasteiger partial charge in [-0.2, -0.15) is 0 Å². The molecule has 6 heteroatoms. The Labute approximate surface area is 199 Å². The average molecular weight is 472 g/mol. The molecule has 3 heterocycles. The van der Waals surface area contributed by atoms with Crippen LogP contribution in [0, 0.1) is 0 Å². The van der Waals surface area contributed by atoms with Crippen molar-refractivity contribution < 1.29 is 14.3 Å². The van der Waals surface area contributed by atoms with Crippen molar-refractivity contribution in [2.75, 3.05) is 6.61 Å². The van der Waals surface area contributed by atoms with Crippen LogP contribution in [0.3, 0.4) is 0 Å². The number of fused-ring (bicyclic) bond motifs is 3. The van der Waals surface area contributed by atoms with Crippen molar-refractivity contribution in [2.24, 2.45) is 0 Å². The number of aromatic nitrogens is 1. The SMILES string of the molecule is CCOC(=O)c1c2c(C(=O)c3ccccc3)sc(SCc3ccccc3)c2n2ccccc12. The van der Waals surface area contributed by atoms with Gasteiger partial charge in [0.2, 0.25) is 5.78 Å². The van der Waals surface area contributed by atoms with Crippen LogP contribution in [0.5, 0.6) is 0 Å². The van der Waals surface area contributed by atoms with Crippen LogP contribution in [-0.4, -0.2) is 22.8 Å². The highest BCUT2D eigenvalue weighted by Gasteiger charge is 2.29. The Hall–Kier alpha value is -3.35. The highest BCUT2D eigenvalue weighted by Crippen LogP contribution is 2.44. The third-order valence-electron chi connectivity index (χ3n) is 5.39. The van der Waals surface area contributed by atoms with Gasteiger partial charge in [0, 0.05) is 22.9 Å². The Morgan fingerprint density at radius 2 is 1.64 bits per heavy atom. The summed E-state index contributed by atoms with van der Waals surface area (Å²) in [6.45, 7) is 2.06. The molecule has 0 radical (unpaired) electrons. The largest absolute Gasteiger partial charge is 0.462 e. The summed E-state index contributed by atoms with van der Waals surface area (Å²) in [5.41, 5.74) is 3.89. The van der Waals surface area contributed by atoms with Gasteiger partial charge < -0.3 is 9.14 Å². The molecule has 0 aliphatic heterocycles. The average Bonchev–Trinajstić information content (AvgIpc) is 3.39. The summed E-state index contributed by atoms with van der Waals surface area (Å²) in [5.74, 6) is 0.277. The van der Waals surface area contributed by atoms with E-state index >= 15 is 0 Å². The Morgan fingerprint density at radius 3 is 2.36 bits per heavy atom. The predicted octanol–water partition coefficient (Wildman–Crippen LogP) is 6.85. The van der Waals surface area contributed by atoms with Gasteiger partial charge in [0.1, 0.15) is 0 Å². The maximum absolute atomic E-state index is 13.6. The van der Waals surface area contributed by atoms with Crippen molar-refractivity contribution in [3.63, 3.8) is 0 Å². The van der Waals surface area contributed by atoms with Crippen molar-refractivity contribution in [3.05, 3.63) is 107 Å². The molecule has 2 aromatic carbocycles. The molecule has 0 amide bonds. The van der Waals surface area contributed by atoms with E-state index in [2.05, 4.69) is 12.1 Å². The molecule has 33 heavy (non-hydrogen) atoms. The number of hydrogen-bond donors (Lipinski definition) is 0. The van der Waals surface area contributed by atoms with E-state index in [0.29, 0.717) is 21.4 Å². The smallest absolute Gasteiger partial charge is 0.341 e. The Balaban J connectivity index is 1.74. The van der Waals surface area contributed by atoms with Crippen LogP contribution in [0.2, 0.25) is 0 Å². The van der Waals surface area contributed by atoms with Gasteiger partial charge in [-0.15, -0.1) is 23.1 Å². The van der Waals surface area contributed by atoms with Crippen LogP contribution in [0.1, 0.15) is 38.1 Å². The normalized spacial score (nSPS) is 11.2. The second kappa shape index (κ2) is 9.25. The lowest BCUT2D eigenvalue weighted by molar-refractivity contribution is 0.0531. The van der Waals surface area contributed by atoms with Gasteiger partial charge in [-0.05, 0) is 24.6 Å². The number of esters is 1. The molecule has 5 rings (SSSR count). The third kappa shape index (κ3) is 3.96. The van der Waals surface area contributed by atoms with E-state index in [4.69, 9.17) is 4.74 Å². The zero-order valence-corrected chi connectivity index (χ0v) is 19.6. The number of ether oxygens (including phenoxy) is 1. The van der Waals surface area contributed by atoms with Crippen LogP contribution in [0.25, 0.3) is 16.4 Å². The summed E-state index contributed by atoms with van der Waals surface area (Å²) in [7, 11) is 0. The van der Waals surface area contributed by atoms with Crippen molar-refractivity contribution in [1.29, 1.82) is 0 Å². The number of thioether (sulfide) groups is 1. The monoisotopic (exact) mass is 471 g/mol. The maximum atomic E-state index is 13.6. The number of thiophene rings is 1. The van der Waals surface area contributed by atoms with Crippen molar-refractivity contribution >= 4 is 51.3 Å². The van der Waals surface area contributed by atoms with E-state index in [0.717, 1.165) is 21.0 Å². The van der Waals surface area contributed by atoms with E-state index in [1.807, 2.05) is 77.3 Å². The van der Waals surface area contributed by atoms with Crippen LogP contribution in [0.4, 0.5) is 0 Å². The highest BCUT2D eigenvalue weighted by atomic mass is 32.2. The first-order chi connectivity index (χ1) is 16.2. The van der Waals surface area contributed by atoms with Crippen molar-refractivity contribution in [2.45, 2.75) is 16.9 Å². The summed E-state index contributed by atoms with van der Waals surface area (Å²) in [4.78, 5) is 27.2. The summed E-state index contributed by atoms with van der Waals surface area (Å²) in [6, 6.07) is 25.2. The lowest BCUT2D eigenvalue weighted by atomic mass is 10.1. The van der Waals surface area contributed by atoms with Gasteiger partial charge in [0.25, 0.3) is 0 Å². The molecular weight excluding hydrogens is 450 g/mol. The van der Waals surface area contributed by atoms with Gasteiger partial charge >= 0.3 is 5.97 Å². The molecular formula is C27H21NO3S2. The van der Waals surface area contributed by atoms with Gasteiger partial charge in [0.05, 0.1) is 32.3 Å². The molecule has 4 nitrogen and oxygen atoms in total. The number of pyridine rings is 1. The molecule has 0 saturated carbocycles. The molecule has 0 spiro atoms. The standard InChI is InChI=1S/C27H21NO3S2/c1-2-31-26(30)21-20-15-9-10-16-28(20)23-22(21)25(24(29)19-13-7-4-8-14-19)33-27(23)32-17-18-11-5-3-6-12-18/h3-16H,2,17H2,1H3. The molecule has 0 atom stereocenters. The van der Waals surface area contributed by atoms with E-state index in [9.17, 15) is 9.59 Å². The second-order valence-corrected chi connectivity index (χ2v) is 9.73. The minimum Gasteiger partial charge on any atom is -0.462 e. The quantitative estimate of drug-likeness (QED) is 0.148. The van der Waals surface area contributed by atoms with E-state index in [1.54, 1.807) is 18.7 Å². The van der Waals surface area contributed by atoms with Crippen LogP contribution in [-0.2, 0) is 10.5 Å². The summed E-state index contributed by atoms with van der Waals surface area (Å²) in [5, 5.41) is 0.675. The predicted molar refractivity (Wildman–Crippen MR) is 135 cm³/mol. The van der Waals surface area contributed by atoms with Crippen LogP contribution in [0.15, 0.2) is 89.3 Å². The Morgan fingerprint density at radius 1 is 0.939 bits per heavy atom. The summed E-state index contributed by atoms with van der Waals surface area (Å²) in [6.07, 6.45) is 1.94. The summed E-state index contributed by atoms with van der Waals surface area (Å²) >= 11 is 3.13.